The predicted octanol–water partition coefficient (Wildman–Crippen LogP) is 5.72. The third kappa shape index (κ3) is 17.3. The van der Waals surface area contributed by atoms with Gasteiger partial charge in [-0.05, 0) is 12.0 Å². The molecule has 0 saturated carbocycles. The van der Waals surface area contributed by atoms with Crippen LogP contribution in [0.3, 0.4) is 0 Å². The van der Waals surface area contributed by atoms with Crippen LogP contribution in [0.25, 0.3) is 0 Å². The highest BCUT2D eigenvalue weighted by Gasteiger charge is 1.90. The Hall–Kier alpha value is -1.37. The number of hydrogen-bond donors (Lipinski definition) is 0. The Morgan fingerprint density at radius 2 is 1.65 bits per heavy atom. The van der Waals surface area contributed by atoms with Crippen LogP contribution in [0.4, 0.5) is 0 Å². The summed E-state index contributed by atoms with van der Waals surface area (Å²) in [5.74, 6) is 0. The van der Waals surface area contributed by atoms with Crippen LogP contribution in [0.15, 0.2) is 53.7 Å². The maximum atomic E-state index is 4.02. The fourth-order valence-corrected chi connectivity index (χ4v) is 0.825. The molecule has 0 saturated heterocycles. The molecule has 0 amide bonds. The van der Waals surface area contributed by atoms with Crippen molar-refractivity contribution >= 4 is 6.21 Å². The molecule has 17 heavy (non-hydrogen) atoms. The molecule has 0 fully saturated rings. The van der Waals surface area contributed by atoms with E-state index < -0.39 is 0 Å². The molecule has 98 valence electrons. The van der Waals surface area contributed by atoms with E-state index in [4.69, 9.17) is 0 Å². The second-order valence-electron chi connectivity index (χ2n) is 2.23. The van der Waals surface area contributed by atoms with Crippen LogP contribution in [0, 0.1) is 0 Å². The van der Waals surface area contributed by atoms with E-state index in [9.17, 15) is 0 Å². The van der Waals surface area contributed by atoms with E-state index in [0.717, 1.165) is 6.42 Å². The van der Waals surface area contributed by atoms with Gasteiger partial charge in [-0.15, -0.1) is 0 Å². The number of allylic oxidation sites excluding steroid dienone is 6. The van der Waals surface area contributed by atoms with Gasteiger partial charge >= 0.3 is 0 Å². The van der Waals surface area contributed by atoms with Crippen LogP contribution >= 0.6 is 0 Å². The van der Waals surface area contributed by atoms with E-state index in [1.54, 1.807) is 12.3 Å². The van der Waals surface area contributed by atoms with Crippen molar-refractivity contribution in [2.45, 2.75) is 48.0 Å². The Morgan fingerprint density at radius 3 is 2.06 bits per heavy atom. The fraction of sp³-hybridized carbons (Fsp3) is 0.438. The summed E-state index contributed by atoms with van der Waals surface area (Å²) in [6.07, 6.45) is 14.4. The third-order valence-corrected chi connectivity index (χ3v) is 1.34. The summed E-state index contributed by atoms with van der Waals surface area (Å²) in [6.45, 7) is 15.5. The van der Waals surface area contributed by atoms with Crippen LogP contribution in [0.2, 0.25) is 0 Å². The van der Waals surface area contributed by atoms with Gasteiger partial charge in [0, 0.05) is 12.4 Å². The minimum absolute atomic E-state index is 0.977. The average molecular weight is 235 g/mol. The molecule has 0 N–H and O–H groups in total. The normalized spacial score (nSPS) is 13.9. The molecular weight excluding hydrogens is 206 g/mol. The van der Waals surface area contributed by atoms with Gasteiger partial charge in [0.15, 0.2) is 0 Å². The van der Waals surface area contributed by atoms with E-state index in [1.165, 1.54) is 5.57 Å². The van der Waals surface area contributed by atoms with Crippen LogP contribution in [-0.2, 0) is 0 Å². The number of nitrogens with zero attached hydrogens (tertiary/aromatic N) is 1. The van der Waals surface area contributed by atoms with Gasteiger partial charge in [0.25, 0.3) is 0 Å². The van der Waals surface area contributed by atoms with E-state index >= 15 is 0 Å². The third-order valence-electron chi connectivity index (χ3n) is 1.34. The number of hydrogen-bond acceptors (Lipinski definition) is 1. The molecule has 1 aliphatic rings. The SMILES string of the molecule is C=CC=NC=C1C=CC=CC1.CC.CC.CC. The molecule has 0 bridgehead atoms. The first-order valence-electron chi connectivity index (χ1n) is 6.60. The Balaban J connectivity index is -0.000000285. The van der Waals surface area contributed by atoms with Crippen molar-refractivity contribution in [3.05, 3.63) is 48.7 Å². The van der Waals surface area contributed by atoms with Crippen molar-refractivity contribution in [3.63, 3.8) is 0 Å². The molecular formula is C16H29N. The lowest BCUT2D eigenvalue weighted by Gasteiger charge is -1.97. The molecule has 0 unspecified atom stereocenters. The van der Waals surface area contributed by atoms with E-state index in [-0.39, 0.29) is 0 Å². The lowest BCUT2D eigenvalue weighted by molar-refractivity contribution is 1.24. The summed E-state index contributed by atoms with van der Waals surface area (Å²) in [6, 6.07) is 0. The van der Waals surface area contributed by atoms with Gasteiger partial charge in [-0.1, -0.05) is 78.5 Å². The highest BCUT2D eigenvalue weighted by molar-refractivity contribution is 5.70. The van der Waals surface area contributed by atoms with Gasteiger partial charge in [-0.25, -0.2) is 0 Å². The molecule has 1 aliphatic carbocycles. The van der Waals surface area contributed by atoms with Crippen LogP contribution < -0.4 is 0 Å². The Bertz CT molecular complexity index is 242. The monoisotopic (exact) mass is 235 g/mol. The zero-order valence-corrected chi connectivity index (χ0v) is 12.4. The second-order valence-corrected chi connectivity index (χ2v) is 2.23. The first-order chi connectivity index (χ1) is 8.43. The van der Waals surface area contributed by atoms with Crippen molar-refractivity contribution in [1.82, 2.24) is 0 Å². The molecule has 0 aromatic rings. The summed E-state index contributed by atoms with van der Waals surface area (Å²) >= 11 is 0. The standard InChI is InChI=1S/C10H11N.3C2H6/c1-2-8-11-9-10-6-4-3-5-7-10;3*1-2/h2-6,8-9H,1,7H2;3*1-2H3. The zero-order valence-electron chi connectivity index (χ0n) is 12.4. The maximum Gasteiger partial charge on any atom is 0.0302 e. The van der Waals surface area contributed by atoms with Gasteiger partial charge < -0.3 is 0 Å². The molecule has 0 aliphatic heterocycles. The Labute approximate surface area is 108 Å². The van der Waals surface area contributed by atoms with Crippen molar-refractivity contribution in [2.75, 3.05) is 0 Å². The molecule has 0 radical (unpaired) electrons. The lowest BCUT2D eigenvalue weighted by atomic mass is 10.1. The first kappa shape index (κ1) is 21.0. The molecule has 1 nitrogen and oxygen atoms in total. The summed E-state index contributed by atoms with van der Waals surface area (Å²) in [4.78, 5) is 4.02. The van der Waals surface area contributed by atoms with Crippen molar-refractivity contribution < 1.29 is 0 Å². The second kappa shape index (κ2) is 24.1. The molecule has 0 aromatic heterocycles. The molecule has 1 rings (SSSR count). The smallest absolute Gasteiger partial charge is 0.0302 e. The minimum Gasteiger partial charge on any atom is -0.264 e. The van der Waals surface area contributed by atoms with Gasteiger partial charge in [-0.2, -0.15) is 0 Å². The fourth-order valence-electron chi connectivity index (χ4n) is 0.825. The minimum atomic E-state index is 0.977. The molecule has 0 aromatic carbocycles. The first-order valence-corrected chi connectivity index (χ1v) is 6.60. The number of rotatable bonds is 2. The number of aliphatic imine (C=N–C) groups is 1. The summed E-state index contributed by atoms with van der Waals surface area (Å²) in [5.41, 5.74) is 1.23. The molecule has 0 spiro atoms. The summed E-state index contributed by atoms with van der Waals surface area (Å²) < 4.78 is 0. The zero-order chi connectivity index (χ0) is 13.9. The van der Waals surface area contributed by atoms with Gasteiger partial charge in [0.2, 0.25) is 0 Å². The Morgan fingerprint density at radius 1 is 1.06 bits per heavy atom. The summed E-state index contributed by atoms with van der Waals surface area (Å²) in [7, 11) is 0. The average Bonchev–Trinajstić information content (AvgIpc) is 2.47. The lowest BCUT2D eigenvalue weighted by Crippen LogP contribution is -1.78. The highest BCUT2D eigenvalue weighted by atomic mass is 14.7. The highest BCUT2D eigenvalue weighted by Crippen LogP contribution is 2.09. The predicted molar refractivity (Wildman–Crippen MR) is 83.7 cm³/mol. The topological polar surface area (TPSA) is 12.4 Å². The van der Waals surface area contributed by atoms with E-state index in [1.807, 2.05) is 59.9 Å². The van der Waals surface area contributed by atoms with Crippen LogP contribution in [0.5, 0.6) is 0 Å². The van der Waals surface area contributed by atoms with E-state index in [2.05, 4.69) is 23.7 Å². The van der Waals surface area contributed by atoms with Crippen molar-refractivity contribution in [3.8, 4) is 0 Å². The largest absolute Gasteiger partial charge is 0.264 e. The van der Waals surface area contributed by atoms with Gasteiger partial charge in [0.05, 0.1) is 0 Å². The Kier molecular flexibility index (Phi) is 29.7. The molecule has 0 atom stereocenters. The van der Waals surface area contributed by atoms with Crippen LogP contribution in [0.1, 0.15) is 48.0 Å². The van der Waals surface area contributed by atoms with Crippen molar-refractivity contribution in [1.29, 1.82) is 0 Å². The van der Waals surface area contributed by atoms with Crippen LogP contribution in [-0.4, -0.2) is 6.21 Å². The molecule has 1 heteroatoms. The molecule has 0 heterocycles. The van der Waals surface area contributed by atoms with Crippen molar-refractivity contribution in [2.24, 2.45) is 4.99 Å². The van der Waals surface area contributed by atoms with E-state index in [0.29, 0.717) is 0 Å². The maximum absolute atomic E-state index is 4.02. The van der Waals surface area contributed by atoms with Gasteiger partial charge in [0.1, 0.15) is 0 Å². The quantitative estimate of drug-likeness (QED) is 0.543. The summed E-state index contributed by atoms with van der Waals surface area (Å²) in [5, 5.41) is 0. The van der Waals surface area contributed by atoms with Gasteiger partial charge in [-0.3, -0.25) is 4.99 Å².